The molecule has 3 atom stereocenters. The van der Waals surface area contributed by atoms with Gasteiger partial charge in [0.15, 0.2) is 6.10 Å². The van der Waals surface area contributed by atoms with Crippen molar-refractivity contribution in [1.82, 2.24) is 0 Å². The molecule has 0 N–H and O–H groups in total. The maximum absolute atomic E-state index is 12.9. The van der Waals surface area contributed by atoms with E-state index in [0.717, 1.165) is 75.5 Å². The van der Waals surface area contributed by atoms with Crippen molar-refractivity contribution in [3.63, 3.8) is 0 Å². The fourth-order valence-corrected chi connectivity index (χ4v) is 10.7. The van der Waals surface area contributed by atoms with Gasteiger partial charge >= 0.3 is 17.9 Å². The number of hydrogen-bond acceptors (Lipinski definition) is 6. The second-order valence-electron chi connectivity index (χ2n) is 24.8. The zero-order chi connectivity index (χ0) is 54.8. The zero-order valence-corrected chi connectivity index (χ0v) is 51.9. The first kappa shape index (κ1) is 73.4. The summed E-state index contributed by atoms with van der Waals surface area (Å²) < 4.78 is 17.0. The summed E-state index contributed by atoms with van der Waals surface area (Å²) >= 11 is 0. The van der Waals surface area contributed by atoms with Crippen LogP contribution in [0.2, 0.25) is 0 Å². The van der Waals surface area contributed by atoms with E-state index in [1.807, 2.05) is 0 Å². The summed E-state index contributed by atoms with van der Waals surface area (Å²) in [6.45, 7) is 13.9. The molecule has 0 spiro atoms. The fraction of sp³-hybridized carbons (Fsp3) is 0.957. The standard InChI is InChI=1S/C69H134O6/c1-7-64(5)56-50-44-38-32-26-20-15-17-23-29-35-41-47-53-59-68(71)74-62-66(75-69(72)60-54-48-42-36-30-24-18-16-21-27-33-39-45-51-57-65(6)8-2)61-73-67(70)58-52-46-40-34-28-22-14-12-10-9-11-13-19-25-31-37-43-49-55-63(3)4/h63-66H,7-62H2,1-6H3/t64?,65?,66-/m0/s1. The average molecular weight is 1060 g/mol. The van der Waals surface area contributed by atoms with Gasteiger partial charge in [-0.15, -0.1) is 0 Å². The molecule has 2 unspecified atom stereocenters. The Morgan fingerprint density at radius 2 is 0.467 bits per heavy atom. The predicted molar refractivity (Wildman–Crippen MR) is 326 cm³/mol. The van der Waals surface area contributed by atoms with Crippen molar-refractivity contribution in [1.29, 1.82) is 0 Å². The van der Waals surface area contributed by atoms with Crippen molar-refractivity contribution in [3.8, 4) is 0 Å². The van der Waals surface area contributed by atoms with Gasteiger partial charge < -0.3 is 14.2 Å². The lowest BCUT2D eigenvalue weighted by Crippen LogP contribution is -2.30. The molecular weight excluding hydrogens is 925 g/mol. The number of hydrogen-bond donors (Lipinski definition) is 0. The van der Waals surface area contributed by atoms with Crippen LogP contribution in [-0.4, -0.2) is 37.2 Å². The Kier molecular flexibility index (Phi) is 58.8. The van der Waals surface area contributed by atoms with E-state index in [2.05, 4.69) is 41.5 Å². The van der Waals surface area contributed by atoms with E-state index in [9.17, 15) is 14.4 Å². The van der Waals surface area contributed by atoms with Crippen molar-refractivity contribution in [2.75, 3.05) is 13.2 Å². The molecule has 6 nitrogen and oxygen atoms in total. The molecule has 0 aromatic heterocycles. The van der Waals surface area contributed by atoms with Gasteiger partial charge in [0.25, 0.3) is 0 Å². The first-order valence-electron chi connectivity index (χ1n) is 34.2. The molecule has 0 rings (SSSR count). The van der Waals surface area contributed by atoms with E-state index in [1.165, 1.54) is 270 Å². The van der Waals surface area contributed by atoms with Gasteiger partial charge in [0, 0.05) is 19.3 Å². The molecule has 0 radical (unpaired) electrons. The Balaban J connectivity index is 4.29. The molecule has 0 aromatic carbocycles. The predicted octanol–water partition coefficient (Wildman–Crippen LogP) is 23.0. The number of rotatable bonds is 62. The normalized spacial score (nSPS) is 12.8. The number of ether oxygens (including phenoxy) is 3. The smallest absolute Gasteiger partial charge is 0.306 e. The van der Waals surface area contributed by atoms with Crippen LogP contribution in [0.15, 0.2) is 0 Å². The van der Waals surface area contributed by atoms with Crippen LogP contribution < -0.4 is 0 Å². The topological polar surface area (TPSA) is 78.9 Å². The van der Waals surface area contributed by atoms with Gasteiger partial charge in [0.05, 0.1) is 0 Å². The fourth-order valence-electron chi connectivity index (χ4n) is 10.7. The molecule has 0 bridgehead atoms. The summed E-state index contributed by atoms with van der Waals surface area (Å²) in [5.74, 6) is 1.82. The third kappa shape index (κ3) is 59.9. The molecule has 446 valence electrons. The minimum Gasteiger partial charge on any atom is -0.462 e. The van der Waals surface area contributed by atoms with Crippen molar-refractivity contribution in [2.24, 2.45) is 17.8 Å². The number of carbonyl (C=O) groups excluding carboxylic acids is 3. The molecule has 0 aliphatic heterocycles. The van der Waals surface area contributed by atoms with Crippen LogP contribution in [0, 0.1) is 17.8 Å². The average Bonchev–Trinajstić information content (AvgIpc) is 3.40. The summed E-state index contributed by atoms with van der Waals surface area (Å²) in [5.41, 5.74) is 0. The minimum atomic E-state index is -0.765. The van der Waals surface area contributed by atoms with Crippen LogP contribution in [0.25, 0.3) is 0 Å². The minimum absolute atomic E-state index is 0.0621. The zero-order valence-electron chi connectivity index (χ0n) is 51.9. The maximum atomic E-state index is 12.9. The van der Waals surface area contributed by atoms with Gasteiger partial charge in [-0.2, -0.15) is 0 Å². The molecule has 0 heterocycles. The lowest BCUT2D eigenvalue weighted by molar-refractivity contribution is -0.167. The Bertz CT molecular complexity index is 1170. The van der Waals surface area contributed by atoms with Gasteiger partial charge in [0.1, 0.15) is 13.2 Å². The van der Waals surface area contributed by atoms with Crippen LogP contribution in [0.4, 0.5) is 0 Å². The van der Waals surface area contributed by atoms with Gasteiger partial charge in [-0.1, -0.05) is 350 Å². The highest BCUT2D eigenvalue weighted by Crippen LogP contribution is 2.20. The Labute approximate surface area is 469 Å². The molecule has 6 heteroatoms. The van der Waals surface area contributed by atoms with E-state index < -0.39 is 6.10 Å². The van der Waals surface area contributed by atoms with E-state index >= 15 is 0 Å². The molecular formula is C69H134O6. The highest BCUT2D eigenvalue weighted by atomic mass is 16.6. The van der Waals surface area contributed by atoms with Crippen LogP contribution in [0.5, 0.6) is 0 Å². The summed E-state index contributed by atoms with van der Waals surface area (Å²) in [4.78, 5) is 38.4. The van der Waals surface area contributed by atoms with Gasteiger partial charge in [-0.25, -0.2) is 0 Å². The van der Waals surface area contributed by atoms with Crippen LogP contribution in [-0.2, 0) is 28.6 Å². The highest BCUT2D eigenvalue weighted by molar-refractivity contribution is 5.71. The summed E-state index contributed by atoms with van der Waals surface area (Å²) in [6, 6.07) is 0. The molecule has 0 aliphatic rings. The molecule has 75 heavy (non-hydrogen) atoms. The first-order valence-corrected chi connectivity index (χ1v) is 34.2. The number of carbonyl (C=O) groups is 3. The van der Waals surface area contributed by atoms with Gasteiger partial charge in [-0.05, 0) is 37.0 Å². The molecule has 0 amide bonds. The van der Waals surface area contributed by atoms with Gasteiger partial charge in [-0.3, -0.25) is 14.4 Å². The van der Waals surface area contributed by atoms with E-state index in [1.54, 1.807) is 0 Å². The number of esters is 3. The second kappa shape index (κ2) is 60.1. The lowest BCUT2D eigenvalue weighted by Gasteiger charge is -2.18. The lowest BCUT2D eigenvalue weighted by atomic mass is 9.99. The monoisotopic (exact) mass is 1060 g/mol. The Morgan fingerprint density at radius 3 is 0.693 bits per heavy atom. The molecule has 0 fully saturated rings. The van der Waals surface area contributed by atoms with Crippen LogP contribution in [0.3, 0.4) is 0 Å². The van der Waals surface area contributed by atoms with Crippen molar-refractivity contribution < 1.29 is 28.6 Å². The summed E-state index contributed by atoms with van der Waals surface area (Å²) in [7, 11) is 0. The van der Waals surface area contributed by atoms with Gasteiger partial charge in [0.2, 0.25) is 0 Å². The summed E-state index contributed by atoms with van der Waals surface area (Å²) in [6.07, 6.45) is 66.7. The molecule has 0 saturated heterocycles. The van der Waals surface area contributed by atoms with Crippen molar-refractivity contribution >= 4 is 17.9 Å². The number of unbranched alkanes of at least 4 members (excludes halogenated alkanes) is 43. The van der Waals surface area contributed by atoms with E-state index in [-0.39, 0.29) is 31.1 Å². The van der Waals surface area contributed by atoms with E-state index in [4.69, 9.17) is 14.2 Å². The summed E-state index contributed by atoms with van der Waals surface area (Å²) in [5, 5.41) is 0. The molecule has 0 saturated carbocycles. The second-order valence-corrected chi connectivity index (χ2v) is 24.8. The van der Waals surface area contributed by atoms with Crippen molar-refractivity contribution in [2.45, 2.75) is 394 Å². The first-order chi connectivity index (χ1) is 36.7. The Morgan fingerprint density at radius 1 is 0.267 bits per heavy atom. The third-order valence-electron chi connectivity index (χ3n) is 16.6. The van der Waals surface area contributed by atoms with E-state index in [0.29, 0.717) is 19.3 Å². The molecule has 0 aliphatic carbocycles. The molecule has 0 aromatic rings. The SMILES string of the molecule is CCC(C)CCCCCCCCCCCCCCCCC(=O)OC[C@H](COC(=O)CCCCCCCCCCCCCCCCCCCCC(C)C)OC(=O)CCCCCCCCCCCCCCCCC(C)CC. The van der Waals surface area contributed by atoms with Crippen LogP contribution >= 0.6 is 0 Å². The van der Waals surface area contributed by atoms with Crippen molar-refractivity contribution in [3.05, 3.63) is 0 Å². The van der Waals surface area contributed by atoms with Crippen LogP contribution in [0.1, 0.15) is 388 Å². The Hall–Kier alpha value is -1.59. The third-order valence-corrected chi connectivity index (χ3v) is 16.6. The quantitative estimate of drug-likeness (QED) is 0.0343. The highest BCUT2D eigenvalue weighted by Gasteiger charge is 2.20. The maximum Gasteiger partial charge on any atom is 0.306 e. The largest absolute Gasteiger partial charge is 0.462 e.